The molecule has 28 heavy (non-hydrogen) atoms. The van der Waals surface area contributed by atoms with Crippen LogP contribution in [0.1, 0.15) is 6.92 Å². The van der Waals surface area contributed by atoms with Gasteiger partial charge in [0.2, 0.25) is 17.0 Å². The monoisotopic (exact) mass is 480 g/mol. The highest BCUT2D eigenvalue weighted by atomic mass is 79.9. The number of thioether (sulfide) groups is 1. The summed E-state index contributed by atoms with van der Waals surface area (Å²) >= 11 is 10.6. The molecule has 1 amide bonds. The number of amides is 1. The number of likely N-dealkylation sites (N-methyl/N-ethyl adjacent to an activating group) is 1. The number of amidine groups is 1. The number of hydrazone groups is 1. The number of hydrogen-bond acceptors (Lipinski definition) is 6. The van der Waals surface area contributed by atoms with Crippen molar-refractivity contribution in [2.45, 2.75) is 6.92 Å². The second kappa shape index (κ2) is 9.95. The van der Waals surface area contributed by atoms with E-state index in [0.29, 0.717) is 34.9 Å². The zero-order valence-corrected chi connectivity index (χ0v) is 18.2. The fourth-order valence-electron chi connectivity index (χ4n) is 2.31. The third-order valence-electron chi connectivity index (χ3n) is 3.62. The Morgan fingerprint density at radius 1 is 1.32 bits per heavy atom. The Labute approximate surface area is 181 Å². The molecule has 0 bridgehead atoms. The van der Waals surface area contributed by atoms with Gasteiger partial charge in [0, 0.05) is 21.7 Å². The summed E-state index contributed by atoms with van der Waals surface area (Å²) in [5, 5.41) is 10.3. The van der Waals surface area contributed by atoms with Gasteiger partial charge < -0.3 is 10.1 Å². The molecular formula is C19H18BrClN4O2S. The first-order valence-electron chi connectivity index (χ1n) is 8.54. The zero-order valence-electron chi connectivity index (χ0n) is 15.1. The fourth-order valence-corrected chi connectivity index (χ4v) is 3.50. The van der Waals surface area contributed by atoms with Crippen molar-refractivity contribution in [3.63, 3.8) is 0 Å². The summed E-state index contributed by atoms with van der Waals surface area (Å²) in [4.78, 5) is 16.6. The van der Waals surface area contributed by atoms with Gasteiger partial charge in [-0.25, -0.2) is 0 Å². The Hall–Kier alpha value is -2.03. The largest absolute Gasteiger partial charge is 0.441 e. The molecule has 1 aliphatic heterocycles. The van der Waals surface area contributed by atoms with Crippen LogP contribution < -0.4 is 10.1 Å². The molecule has 0 radical (unpaired) electrons. The number of carbonyl (C=O) groups excluding carboxylic acids is 1. The molecule has 0 saturated carbocycles. The van der Waals surface area contributed by atoms with Crippen LogP contribution in [-0.2, 0) is 4.79 Å². The van der Waals surface area contributed by atoms with Crippen molar-refractivity contribution < 1.29 is 9.53 Å². The molecule has 0 unspecified atom stereocenters. The van der Waals surface area contributed by atoms with E-state index in [9.17, 15) is 4.79 Å². The summed E-state index contributed by atoms with van der Waals surface area (Å²) in [6, 6.07) is 14.5. The number of carbonyl (C=O) groups is 1. The lowest BCUT2D eigenvalue weighted by Crippen LogP contribution is -2.33. The number of halogens is 2. The molecule has 0 fully saturated rings. The molecule has 146 valence electrons. The van der Waals surface area contributed by atoms with Crippen molar-refractivity contribution in [2.24, 2.45) is 10.1 Å². The number of nitrogens with one attached hydrogen (secondary N) is 1. The SMILES string of the molecule is CCN1CC(Oc2ccc(Cl)cc2)=NC(SCC(=O)Nc2cccc(Br)c2)=N1. The van der Waals surface area contributed by atoms with Gasteiger partial charge in [0.1, 0.15) is 12.3 Å². The Morgan fingerprint density at radius 3 is 2.82 bits per heavy atom. The first-order chi connectivity index (χ1) is 13.5. The van der Waals surface area contributed by atoms with Crippen LogP contribution >= 0.6 is 39.3 Å². The van der Waals surface area contributed by atoms with E-state index in [1.807, 2.05) is 36.2 Å². The quantitative estimate of drug-likeness (QED) is 0.662. The molecule has 2 aromatic carbocycles. The molecule has 2 aromatic rings. The van der Waals surface area contributed by atoms with Crippen LogP contribution in [0.5, 0.6) is 5.75 Å². The number of rotatable bonds is 5. The van der Waals surface area contributed by atoms with Crippen LogP contribution in [0.4, 0.5) is 5.69 Å². The van der Waals surface area contributed by atoms with E-state index in [0.717, 1.165) is 10.2 Å². The second-order valence-electron chi connectivity index (χ2n) is 5.77. The highest BCUT2D eigenvalue weighted by Crippen LogP contribution is 2.19. The number of ether oxygens (including phenoxy) is 1. The lowest BCUT2D eigenvalue weighted by Gasteiger charge is -2.23. The van der Waals surface area contributed by atoms with Gasteiger partial charge in [-0.1, -0.05) is 45.4 Å². The molecular weight excluding hydrogens is 464 g/mol. The maximum atomic E-state index is 12.2. The van der Waals surface area contributed by atoms with Crippen molar-refractivity contribution in [3.8, 4) is 5.75 Å². The minimum absolute atomic E-state index is 0.130. The molecule has 3 rings (SSSR count). The van der Waals surface area contributed by atoms with Gasteiger partial charge in [-0.3, -0.25) is 9.80 Å². The van der Waals surface area contributed by atoms with Gasteiger partial charge in [0.25, 0.3) is 0 Å². The predicted octanol–water partition coefficient (Wildman–Crippen LogP) is 4.86. The van der Waals surface area contributed by atoms with Gasteiger partial charge in [-0.2, -0.15) is 4.99 Å². The van der Waals surface area contributed by atoms with E-state index in [1.54, 1.807) is 24.3 Å². The normalized spacial score (nSPS) is 13.6. The minimum atomic E-state index is -0.130. The first kappa shape index (κ1) is 20.7. The van der Waals surface area contributed by atoms with Crippen LogP contribution in [-0.4, -0.2) is 40.8 Å². The summed E-state index contributed by atoms with van der Waals surface area (Å²) in [6.07, 6.45) is 0. The predicted molar refractivity (Wildman–Crippen MR) is 119 cm³/mol. The summed E-state index contributed by atoms with van der Waals surface area (Å²) < 4.78 is 6.74. The molecule has 0 atom stereocenters. The fraction of sp³-hybridized carbons (Fsp3) is 0.211. The Bertz CT molecular complexity index is 905. The third-order valence-corrected chi connectivity index (χ3v) is 5.20. The lowest BCUT2D eigenvalue weighted by atomic mass is 10.3. The average molecular weight is 482 g/mol. The van der Waals surface area contributed by atoms with Crippen LogP contribution in [0.3, 0.4) is 0 Å². The molecule has 1 aliphatic rings. The number of benzene rings is 2. The summed E-state index contributed by atoms with van der Waals surface area (Å²) in [6.45, 7) is 3.17. The van der Waals surface area contributed by atoms with Gasteiger partial charge >= 0.3 is 0 Å². The van der Waals surface area contributed by atoms with Crippen molar-refractivity contribution in [2.75, 3.05) is 24.2 Å². The van der Waals surface area contributed by atoms with Crippen LogP contribution in [0.25, 0.3) is 0 Å². The van der Waals surface area contributed by atoms with Crippen molar-refractivity contribution in [1.82, 2.24) is 5.01 Å². The third kappa shape index (κ3) is 6.25. The molecule has 0 spiro atoms. The highest BCUT2D eigenvalue weighted by molar-refractivity contribution is 9.10. The van der Waals surface area contributed by atoms with Crippen molar-refractivity contribution in [3.05, 3.63) is 58.0 Å². The van der Waals surface area contributed by atoms with Gasteiger partial charge in [-0.15, -0.1) is 5.10 Å². The molecule has 6 nitrogen and oxygen atoms in total. The van der Waals surface area contributed by atoms with E-state index < -0.39 is 0 Å². The Kier molecular flexibility index (Phi) is 7.36. The van der Waals surface area contributed by atoms with E-state index in [-0.39, 0.29) is 11.7 Å². The van der Waals surface area contributed by atoms with Crippen molar-refractivity contribution >= 4 is 62.0 Å². The summed E-state index contributed by atoms with van der Waals surface area (Å²) in [5.41, 5.74) is 0.732. The van der Waals surface area contributed by atoms with E-state index in [2.05, 4.69) is 31.3 Å². The minimum Gasteiger partial charge on any atom is -0.441 e. The topological polar surface area (TPSA) is 66.3 Å². The standard InChI is InChI=1S/C19H18BrClN4O2S/c1-2-25-11-18(27-16-8-6-14(21)7-9-16)23-19(24-25)28-12-17(26)22-15-5-3-4-13(20)10-15/h3-10H,2,11-12H2,1H3,(H,22,26). The van der Waals surface area contributed by atoms with E-state index in [1.165, 1.54) is 11.8 Å². The Balaban J connectivity index is 1.60. The van der Waals surface area contributed by atoms with E-state index in [4.69, 9.17) is 16.3 Å². The molecule has 0 aliphatic carbocycles. The zero-order chi connectivity index (χ0) is 19.9. The Morgan fingerprint density at radius 2 is 2.11 bits per heavy atom. The lowest BCUT2D eigenvalue weighted by molar-refractivity contribution is -0.113. The maximum absolute atomic E-state index is 12.2. The van der Waals surface area contributed by atoms with E-state index >= 15 is 0 Å². The summed E-state index contributed by atoms with van der Waals surface area (Å²) in [5.74, 6) is 1.24. The molecule has 0 aromatic heterocycles. The van der Waals surface area contributed by atoms with Crippen LogP contribution in [0.15, 0.2) is 63.1 Å². The summed E-state index contributed by atoms with van der Waals surface area (Å²) in [7, 11) is 0. The molecule has 1 N–H and O–H groups in total. The van der Waals surface area contributed by atoms with Crippen LogP contribution in [0.2, 0.25) is 5.02 Å². The smallest absolute Gasteiger partial charge is 0.234 e. The van der Waals surface area contributed by atoms with Crippen molar-refractivity contribution in [1.29, 1.82) is 0 Å². The second-order valence-corrected chi connectivity index (χ2v) is 8.07. The number of aliphatic imine (C=N–C) groups is 1. The molecule has 1 heterocycles. The van der Waals surface area contributed by atoms with Gasteiger partial charge in [0.05, 0.1) is 5.75 Å². The molecule has 0 saturated heterocycles. The number of anilines is 1. The highest BCUT2D eigenvalue weighted by Gasteiger charge is 2.17. The average Bonchev–Trinajstić information content (AvgIpc) is 2.68. The number of hydrogen-bond donors (Lipinski definition) is 1. The number of nitrogens with zero attached hydrogens (tertiary/aromatic N) is 3. The molecule has 9 heteroatoms. The van der Waals surface area contributed by atoms with Gasteiger partial charge in [-0.05, 0) is 49.4 Å². The van der Waals surface area contributed by atoms with Gasteiger partial charge in [0.15, 0.2) is 0 Å². The van der Waals surface area contributed by atoms with Crippen LogP contribution in [0, 0.1) is 0 Å². The maximum Gasteiger partial charge on any atom is 0.234 e. The first-order valence-corrected chi connectivity index (χ1v) is 10.7.